The van der Waals surface area contributed by atoms with Gasteiger partial charge in [-0.3, -0.25) is 4.79 Å². The van der Waals surface area contributed by atoms with Crippen LogP contribution in [0, 0.1) is 5.92 Å². The summed E-state index contributed by atoms with van der Waals surface area (Å²) >= 11 is 0. The molecule has 26 heavy (non-hydrogen) atoms. The Kier molecular flexibility index (Phi) is 7.25. The second kappa shape index (κ2) is 9.41. The maximum atomic E-state index is 12.9. The van der Waals surface area contributed by atoms with Crippen molar-refractivity contribution in [2.24, 2.45) is 5.92 Å². The summed E-state index contributed by atoms with van der Waals surface area (Å²) in [6.07, 6.45) is 3.52. The monoisotopic (exact) mass is 357 g/mol. The summed E-state index contributed by atoms with van der Waals surface area (Å²) < 4.78 is 7.18. The SMILES string of the molecule is CCCc1nn(-c2ccc(OC)cc2)c(CCC)c1C(=O)NCC(C)C. The minimum atomic E-state index is -0.00892. The molecule has 0 saturated carbocycles. The average molecular weight is 357 g/mol. The normalized spacial score (nSPS) is 11.0. The Morgan fingerprint density at radius 3 is 2.35 bits per heavy atom. The summed E-state index contributed by atoms with van der Waals surface area (Å²) in [6.45, 7) is 9.11. The van der Waals surface area contributed by atoms with Gasteiger partial charge in [-0.1, -0.05) is 40.5 Å². The Morgan fingerprint density at radius 1 is 1.15 bits per heavy atom. The molecular formula is C21H31N3O2. The first-order chi connectivity index (χ1) is 12.5. The lowest BCUT2D eigenvalue weighted by Crippen LogP contribution is -2.28. The number of carbonyl (C=O) groups excluding carboxylic acids is 1. The van der Waals surface area contributed by atoms with E-state index >= 15 is 0 Å². The molecule has 1 heterocycles. The summed E-state index contributed by atoms with van der Waals surface area (Å²) in [5.74, 6) is 1.21. The minimum Gasteiger partial charge on any atom is -0.497 e. The number of hydrogen-bond donors (Lipinski definition) is 1. The molecule has 0 aliphatic rings. The van der Waals surface area contributed by atoms with E-state index in [1.165, 1.54) is 0 Å². The molecule has 5 nitrogen and oxygen atoms in total. The molecule has 5 heteroatoms. The largest absolute Gasteiger partial charge is 0.497 e. The number of benzene rings is 1. The summed E-state index contributed by atoms with van der Waals surface area (Å²) in [5, 5.41) is 7.87. The first-order valence-electron chi connectivity index (χ1n) is 9.55. The van der Waals surface area contributed by atoms with Crippen LogP contribution in [0.15, 0.2) is 24.3 Å². The van der Waals surface area contributed by atoms with Gasteiger partial charge >= 0.3 is 0 Å². The Balaban J connectivity index is 2.49. The van der Waals surface area contributed by atoms with Crippen LogP contribution in [-0.2, 0) is 12.8 Å². The lowest BCUT2D eigenvalue weighted by Gasteiger charge is -2.11. The van der Waals surface area contributed by atoms with Crippen LogP contribution in [0.2, 0.25) is 0 Å². The highest BCUT2D eigenvalue weighted by molar-refractivity contribution is 5.96. The molecule has 0 fully saturated rings. The lowest BCUT2D eigenvalue weighted by molar-refractivity contribution is 0.0947. The van der Waals surface area contributed by atoms with Crippen LogP contribution >= 0.6 is 0 Å². The topological polar surface area (TPSA) is 56.2 Å². The summed E-state index contributed by atoms with van der Waals surface area (Å²) in [7, 11) is 1.65. The van der Waals surface area contributed by atoms with Crippen molar-refractivity contribution in [1.29, 1.82) is 0 Å². The number of aryl methyl sites for hydroxylation is 1. The molecule has 0 bridgehead atoms. The number of rotatable bonds is 9. The molecule has 2 rings (SSSR count). The smallest absolute Gasteiger partial charge is 0.255 e. The fourth-order valence-corrected chi connectivity index (χ4v) is 2.97. The molecule has 0 atom stereocenters. The van der Waals surface area contributed by atoms with Crippen LogP contribution in [0.25, 0.3) is 5.69 Å². The number of nitrogens with one attached hydrogen (secondary N) is 1. The zero-order valence-electron chi connectivity index (χ0n) is 16.6. The van der Waals surface area contributed by atoms with Crippen molar-refractivity contribution >= 4 is 5.91 Å². The second-order valence-electron chi connectivity index (χ2n) is 6.98. The van der Waals surface area contributed by atoms with E-state index in [1.807, 2.05) is 28.9 Å². The van der Waals surface area contributed by atoms with E-state index in [1.54, 1.807) is 7.11 Å². The van der Waals surface area contributed by atoms with Gasteiger partial charge in [0.05, 0.1) is 29.7 Å². The first-order valence-corrected chi connectivity index (χ1v) is 9.55. The number of ether oxygens (including phenoxy) is 1. The van der Waals surface area contributed by atoms with Crippen LogP contribution in [0.1, 0.15) is 62.3 Å². The van der Waals surface area contributed by atoms with Gasteiger partial charge in [0.15, 0.2) is 0 Å². The highest BCUT2D eigenvalue weighted by Gasteiger charge is 2.23. The molecule has 0 aliphatic heterocycles. The second-order valence-corrected chi connectivity index (χ2v) is 6.98. The van der Waals surface area contributed by atoms with Crippen molar-refractivity contribution in [2.45, 2.75) is 53.4 Å². The number of aromatic nitrogens is 2. The Morgan fingerprint density at radius 2 is 1.81 bits per heavy atom. The first kappa shape index (κ1) is 20.0. The minimum absolute atomic E-state index is 0.00892. The fourth-order valence-electron chi connectivity index (χ4n) is 2.97. The number of amides is 1. The van der Waals surface area contributed by atoms with Gasteiger partial charge in [-0.25, -0.2) is 4.68 Å². The van der Waals surface area contributed by atoms with Crippen molar-refractivity contribution in [3.8, 4) is 11.4 Å². The van der Waals surface area contributed by atoms with Crippen LogP contribution < -0.4 is 10.1 Å². The van der Waals surface area contributed by atoms with Gasteiger partial charge in [0.2, 0.25) is 0 Å². The average Bonchev–Trinajstić information content (AvgIpc) is 2.98. The van der Waals surface area contributed by atoms with E-state index in [4.69, 9.17) is 9.84 Å². The van der Waals surface area contributed by atoms with E-state index < -0.39 is 0 Å². The fraction of sp³-hybridized carbons (Fsp3) is 0.524. The number of hydrogen-bond acceptors (Lipinski definition) is 3. The summed E-state index contributed by atoms with van der Waals surface area (Å²) in [4.78, 5) is 12.9. The van der Waals surface area contributed by atoms with Gasteiger partial charge < -0.3 is 10.1 Å². The number of nitrogens with zero attached hydrogens (tertiary/aromatic N) is 2. The third kappa shape index (κ3) is 4.65. The van der Waals surface area contributed by atoms with Crippen molar-refractivity contribution in [1.82, 2.24) is 15.1 Å². The standard InChI is InChI=1S/C21H31N3O2/c1-6-8-18-20(21(25)22-14-15(3)4)19(9-7-2)24(23-18)16-10-12-17(26-5)13-11-16/h10-13,15H,6-9,14H2,1-5H3,(H,22,25). The molecule has 2 aromatic rings. The highest BCUT2D eigenvalue weighted by atomic mass is 16.5. The lowest BCUT2D eigenvalue weighted by atomic mass is 10.0. The molecular weight excluding hydrogens is 326 g/mol. The Bertz CT molecular complexity index is 718. The third-order valence-corrected chi connectivity index (χ3v) is 4.24. The predicted octanol–water partition coefficient (Wildman–Crippen LogP) is 4.17. The van der Waals surface area contributed by atoms with Gasteiger partial charge in [-0.05, 0) is 43.0 Å². The highest BCUT2D eigenvalue weighted by Crippen LogP contribution is 2.23. The van der Waals surface area contributed by atoms with Crippen LogP contribution in [0.5, 0.6) is 5.75 Å². The van der Waals surface area contributed by atoms with Gasteiger partial charge in [-0.15, -0.1) is 0 Å². The van der Waals surface area contributed by atoms with Crippen LogP contribution in [0.3, 0.4) is 0 Å². The Hall–Kier alpha value is -2.30. The van der Waals surface area contributed by atoms with E-state index in [0.717, 1.165) is 54.1 Å². The zero-order chi connectivity index (χ0) is 19.1. The quantitative estimate of drug-likeness (QED) is 0.733. The van der Waals surface area contributed by atoms with E-state index in [-0.39, 0.29) is 5.91 Å². The van der Waals surface area contributed by atoms with Crippen molar-refractivity contribution in [3.05, 3.63) is 41.2 Å². The molecule has 1 N–H and O–H groups in total. The molecule has 0 saturated heterocycles. The van der Waals surface area contributed by atoms with Gasteiger partial charge in [0.1, 0.15) is 5.75 Å². The van der Waals surface area contributed by atoms with Gasteiger partial charge in [0.25, 0.3) is 5.91 Å². The summed E-state index contributed by atoms with van der Waals surface area (Å²) in [6, 6.07) is 7.81. The van der Waals surface area contributed by atoms with E-state index in [9.17, 15) is 4.79 Å². The third-order valence-electron chi connectivity index (χ3n) is 4.24. The molecule has 0 spiro atoms. The van der Waals surface area contributed by atoms with Crippen LogP contribution in [0.4, 0.5) is 0 Å². The Labute approximate surface area is 156 Å². The predicted molar refractivity (Wildman–Crippen MR) is 105 cm³/mol. The molecule has 1 amide bonds. The van der Waals surface area contributed by atoms with Gasteiger partial charge in [-0.2, -0.15) is 5.10 Å². The summed E-state index contributed by atoms with van der Waals surface area (Å²) in [5.41, 5.74) is 3.58. The van der Waals surface area contributed by atoms with E-state index in [0.29, 0.717) is 12.5 Å². The van der Waals surface area contributed by atoms with Crippen LogP contribution in [-0.4, -0.2) is 29.3 Å². The molecule has 0 aliphatic carbocycles. The maximum absolute atomic E-state index is 12.9. The van der Waals surface area contributed by atoms with Crippen molar-refractivity contribution in [3.63, 3.8) is 0 Å². The van der Waals surface area contributed by atoms with Crippen molar-refractivity contribution in [2.75, 3.05) is 13.7 Å². The van der Waals surface area contributed by atoms with Gasteiger partial charge in [0, 0.05) is 6.54 Å². The molecule has 1 aromatic carbocycles. The molecule has 0 radical (unpaired) electrons. The zero-order valence-corrected chi connectivity index (χ0v) is 16.6. The number of carbonyl (C=O) groups is 1. The molecule has 1 aromatic heterocycles. The number of methoxy groups -OCH3 is 1. The van der Waals surface area contributed by atoms with E-state index in [2.05, 4.69) is 33.0 Å². The maximum Gasteiger partial charge on any atom is 0.255 e. The van der Waals surface area contributed by atoms with Crippen molar-refractivity contribution < 1.29 is 9.53 Å². The molecule has 0 unspecified atom stereocenters. The molecule has 142 valence electrons.